The molecule has 5 nitrogen and oxygen atoms in total. The van der Waals surface area contributed by atoms with E-state index >= 15 is 0 Å². The number of ether oxygens (including phenoxy) is 1. The fourth-order valence-corrected chi connectivity index (χ4v) is 1.84. The van der Waals surface area contributed by atoms with Gasteiger partial charge in [-0.2, -0.15) is 4.31 Å². The molecule has 0 radical (unpaired) electrons. The van der Waals surface area contributed by atoms with Crippen LogP contribution in [0.5, 0.6) is 0 Å². The van der Waals surface area contributed by atoms with Crippen LogP contribution >= 0.6 is 0 Å². The lowest BCUT2D eigenvalue weighted by atomic mass is 10.5. The quantitative estimate of drug-likeness (QED) is 0.472. The van der Waals surface area contributed by atoms with Crippen molar-refractivity contribution in [2.45, 2.75) is 13.3 Å². The number of hydrogen-bond donors (Lipinski definition) is 0. The van der Waals surface area contributed by atoms with Crippen LogP contribution in [0, 0.1) is 12.3 Å². The van der Waals surface area contributed by atoms with Gasteiger partial charge in [0.15, 0.2) is 0 Å². The number of rotatable bonds is 6. The Hall–Kier alpha value is -1.06. The Bertz CT molecular complexity index is 342. The van der Waals surface area contributed by atoms with Gasteiger partial charge in [-0.1, -0.05) is 5.92 Å². The highest BCUT2D eigenvalue weighted by Gasteiger charge is 2.18. The molecule has 0 saturated heterocycles. The number of hydrogen-bond acceptors (Lipinski definition) is 4. The minimum absolute atomic E-state index is 0.00512. The summed E-state index contributed by atoms with van der Waals surface area (Å²) in [5.74, 6) is 1.42. The lowest BCUT2D eigenvalue weighted by molar-refractivity contribution is -0.142. The molecule has 0 N–H and O–H groups in total. The summed E-state index contributed by atoms with van der Waals surface area (Å²) in [6, 6.07) is 0. The van der Waals surface area contributed by atoms with Crippen LogP contribution in [-0.2, 0) is 19.6 Å². The molecule has 86 valence electrons. The molecule has 0 heterocycles. The smallest absolute Gasteiger partial charge is 0.306 e. The van der Waals surface area contributed by atoms with Gasteiger partial charge in [-0.05, 0) is 6.92 Å². The fraction of sp³-hybridized carbons (Fsp3) is 0.667. The van der Waals surface area contributed by atoms with E-state index in [1.165, 1.54) is 7.05 Å². The number of carbonyl (C=O) groups excluding carboxylic acids is 1. The molecule has 0 unspecified atom stereocenters. The van der Waals surface area contributed by atoms with Gasteiger partial charge in [-0.15, -0.1) is 6.42 Å². The summed E-state index contributed by atoms with van der Waals surface area (Å²) in [5, 5.41) is 0. The van der Waals surface area contributed by atoms with Crippen molar-refractivity contribution < 1.29 is 17.9 Å². The van der Waals surface area contributed by atoms with Crippen molar-refractivity contribution in [3.63, 3.8) is 0 Å². The Balaban J connectivity index is 4.17. The monoisotopic (exact) mass is 233 g/mol. The van der Waals surface area contributed by atoms with Gasteiger partial charge in [0.25, 0.3) is 0 Å². The highest BCUT2D eigenvalue weighted by molar-refractivity contribution is 7.89. The second kappa shape index (κ2) is 6.43. The van der Waals surface area contributed by atoms with Crippen LogP contribution < -0.4 is 0 Å². The van der Waals surface area contributed by atoms with Crippen molar-refractivity contribution in [3.05, 3.63) is 0 Å². The first-order chi connectivity index (χ1) is 6.94. The summed E-state index contributed by atoms with van der Waals surface area (Å²) in [6.45, 7) is 1.92. The predicted octanol–water partition coefficient (Wildman–Crippen LogP) is -0.166. The van der Waals surface area contributed by atoms with E-state index in [-0.39, 0.29) is 25.3 Å². The van der Waals surface area contributed by atoms with E-state index in [1.807, 2.05) is 0 Å². The molecular formula is C9H15NO4S. The summed E-state index contributed by atoms with van der Waals surface area (Å²) in [7, 11) is -2.07. The van der Waals surface area contributed by atoms with Gasteiger partial charge in [-0.3, -0.25) is 4.79 Å². The third-order valence-corrected chi connectivity index (χ3v) is 3.46. The molecule has 0 rings (SSSR count). The predicted molar refractivity (Wildman–Crippen MR) is 56.5 cm³/mol. The highest BCUT2D eigenvalue weighted by atomic mass is 32.2. The van der Waals surface area contributed by atoms with Crippen molar-refractivity contribution in [1.82, 2.24) is 4.31 Å². The van der Waals surface area contributed by atoms with Crippen LogP contribution in [-0.4, -0.2) is 44.6 Å². The molecule has 0 saturated carbocycles. The summed E-state index contributed by atoms with van der Waals surface area (Å²) in [6.07, 6.45) is 4.83. The Kier molecular flexibility index (Phi) is 5.97. The zero-order chi connectivity index (χ0) is 11.9. The average molecular weight is 233 g/mol. The topological polar surface area (TPSA) is 63.7 Å². The third-order valence-electron chi connectivity index (χ3n) is 1.66. The Morgan fingerprint density at radius 2 is 2.13 bits per heavy atom. The van der Waals surface area contributed by atoms with Crippen LogP contribution in [0.1, 0.15) is 13.3 Å². The maximum absolute atomic E-state index is 11.5. The summed E-state index contributed by atoms with van der Waals surface area (Å²) in [5.41, 5.74) is 0. The van der Waals surface area contributed by atoms with Gasteiger partial charge in [0.2, 0.25) is 10.0 Å². The maximum atomic E-state index is 11.5. The van der Waals surface area contributed by atoms with Gasteiger partial charge in [0.1, 0.15) is 0 Å². The minimum Gasteiger partial charge on any atom is -0.466 e. The first-order valence-corrected chi connectivity index (χ1v) is 6.08. The minimum atomic E-state index is -3.45. The Morgan fingerprint density at radius 3 is 2.60 bits per heavy atom. The van der Waals surface area contributed by atoms with E-state index in [0.29, 0.717) is 0 Å². The third kappa shape index (κ3) is 5.40. The zero-order valence-corrected chi connectivity index (χ0v) is 9.71. The summed E-state index contributed by atoms with van der Waals surface area (Å²) in [4.78, 5) is 10.9. The van der Waals surface area contributed by atoms with E-state index in [1.54, 1.807) is 6.92 Å². The van der Waals surface area contributed by atoms with Gasteiger partial charge < -0.3 is 4.74 Å². The SMILES string of the molecule is C#CCN(C)S(=O)(=O)CCC(=O)OCC. The Morgan fingerprint density at radius 1 is 1.53 bits per heavy atom. The highest BCUT2D eigenvalue weighted by Crippen LogP contribution is 2.00. The normalized spacial score (nSPS) is 11.1. The van der Waals surface area contributed by atoms with E-state index in [0.717, 1.165) is 4.31 Å². The summed E-state index contributed by atoms with van der Waals surface area (Å²) < 4.78 is 28.6. The van der Waals surface area contributed by atoms with Crippen molar-refractivity contribution in [1.29, 1.82) is 0 Å². The fourth-order valence-electron chi connectivity index (χ4n) is 0.828. The van der Waals surface area contributed by atoms with E-state index in [2.05, 4.69) is 10.7 Å². The Labute approximate surface area is 90.5 Å². The van der Waals surface area contributed by atoms with E-state index in [9.17, 15) is 13.2 Å². The van der Waals surface area contributed by atoms with Gasteiger partial charge >= 0.3 is 5.97 Å². The van der Waals surface area contributed by atoms with E-state index in [4.69, 9.17) is 6.42 Å². The van der Waals surface area contributed by atoms with E-state index < -0.39 is 16.0 Å². The van der Waals surface area contributed by atoms with Crippen LogP contribution in [0.25, 0.3) is 0 Å². The van der Waals surface area contributed by atoms with Gasteiger partial charge in [-0.25, -0.2) is 8.42 Å². The molecule has 0 spiro atoms. The zero-order valence-electron chi connectivity index (χ0n) is 8.89. The van der Waals surface area contributed by atoms with Crippen molar-refractivity contribution in [2.24, 2.45) is 0 Å². The lowest BCUT2D eigenvalue weighted by Crippen LogP contribution is -2.30. The molecule has 0 bridgehead atoms. The number of carbonyl (C=O) groups is 1. The maximum Gasteiger partial charge on any atom is 0.306 e. The van der Waals surface area contributed by atoms with Crippen LogP contribution in [0.2, 0.25) is 0 Å². The first-order valence-electron chi connectivity index (χ1n) is 4.47. The molecular weight excluding hydrogens is 218 g/mol. The molecule has 0 aromatic heterocycles. The lowest BCUT2D eigenvalue weighted by Gasteiger charge is -2.13. The largest absolute Gasteiger partial charge is 0.466 e. The number of esters is 1. The molecule has 0 aliphatic carbocycles. The van der Waals surface area contributed by atoms with Crippen molar-refractivity contribution >= 4 is 16.0 Å². The molecule has 0 aliphatic heterocycles. The number of nitrogens with zero attached hydrogens (tertiary/aromatic N) is 1. The summed E-state index contributed by atoms with van der Waals surface area (Å²) >= 11 is 0. The van der Waals surface area contributed by atoms with Crippen molar-refractivity contribution in [3.8, 4) is 12.3 Å². The van der Waals surface area contributed by atoms with Crippen molar-refractivity contribution in [2.75, 3.05) is 26.0 Å². The molecule has 0 amide bonds. The molecule has 6 heteroatoms. The molecule has 0 fully saturated rings. The number of terminal acetylenes is 1. The van der Waals surface area contributed by atoms with Gasteiger partial charge in [0, 0.05) is 7.05 Å². The molecule has 15 heavy (non-hydrogen) atoms. The average Bonchev–Trinajstić information content (AvgIpc) is 2.16. The molecule has 0 aromatic carbocycles. The molecule has 0 aliphatic rings. The van der Waals surface area contributed by atoms with Crippen LogP contribution in [0.4, 0.5) is 0 Å². The molecule has 0 aromatic rings. The van der Waals surface area contributed by atoms with Crippen LogP contribution in [0.3, 0.4) is 0 Å². The van der Waals surface area contributed by atoms with Crippen LogP contribution in [0.15, 0.2) is 0 Å². The number of sulfonamides is 1. The van der Waals surface area contributed by atoms with Gasteiger partial charge in [0.05, 0.1) is 25.3 Å². The second-order valence-corrected chi connectivity index (χ2v) is 5.03. The first kappa shape index (κ1) is 13.9. The standard InChI is InChI=1S/C9H15NO4S/c1-4-7-10(3)15(12,13)8-6-9(11)14-5-2/h1H,5-8H2,2-3H3. The molecule has 0 atom stereocenters. The second-order valence-electron chi connectivity index (χ2n) is 2.83.